The molecule has 2 heterocycles. The van der Waals surface area contributed by atoms with E-state index in [-0.39, 0.29) is 17.7 Å². The summed E-state index contributed by atoms with van der Waals surface area (Å²) < 4.78 is 0. The second kappa shape index (κ2) is 9.55. The summed E-state index contributed by atoms with van der Waals surface area (Å²) in [4.78, 5) is 42.5. The number of nitrogens with one attached hydrogen (secondary N) is 1. The first-order valence-electron chi connectivity index (χ1n) is 11.5. The van der Waals surface area contributed by atoms with Crippen LogP contribution in [0.1, 0.15) is 59.7 Å². The van der Waals surface area contributed by atoms with Crippen molar-refractivity contribution < 1.29 is 14.4 Å². The molecule has 1 N–H and O–H groups in total. The van der Waals surface area contributed by atoms with E-state index in [0.29, 0.717) is 24.9 Å². The fourth-order valence-electron chi connectivity index (χ4n) is 4.53. The van der Waals surface area contributed by atoms with Gasteiger partial charge in [0, 0.05) is 43.7 Å². The fraction of sp³-hybridized carbons (Fsp3) is 0.423. The molecule has 0 aliphatic carbocycles. The van der Waals surface area contributed by atoms with Gasteiger partial charge in [0.05, 0.1) is 0 Å². The molecule has 2 aliphatic rings. The fourth-order valence-corrected chi connectivity index (χ4v) is 4.53. The van der Waals surface area contributed by atoms with Crippen LogP contribution in [-0.2, 0) is 22.6 Å². The van der Waals surface area contributed by atoms with Crippen LogP contribution in [0.15, 0.2) is 42.5 Å². The Labute approximate surface area is 189 Å². The Balaban J connectivity index is 1.65. The molecule has 0 unspecified atom stereocenters. The number of anilines is 1. The number of aryl methyl sites for hydroxylation is 1. The minimum Gasteiger partial charge on any atom is -0.341 e. The van der Waals surface area contributed by atoms with Crippen molar-refractivity contribution >= 4 is 23.4 Å². The number of amides is 3. The first kappa shape index (κ1) is 22.1. The highest BCUT2D eigenvalue weighted by Crippen LogP contribution is 2.29. The number of carbonyl (C=O) groups is 3. The molecule has 0 aromatic heterocycles. The molecule has 0 radical (unpaired) electrons. The average Bonchev–Trinajstić information content (AvgIpc) is 2.83. The summed E-state index contributed by atoms with van der Waals surface area (Å²) in [6.45, 7) is 5.67. The molecule has 1 fully saturated rings. The highest BCUT2D eigenvalue weighted by Gasteiger charge is 2.37. The number of nitrogens with zero attached hydrogens (tertiary/aromatic N) is 2. The van der Waals surface area contributed by atoms with Gasteiger partial charge in [0.25, 0.3) is 5.91 Å². The van der Waals surface area contributed by atoms with Crippen molar-refractivity contribution in [2.75, 3.05) is 18.4 Å². The zero-order chi connectivity index (χ0) is 22.7. The van der Waals surface area contributed by atoms with Crippen molar-refractivity contribution in [3.8, 4) is 0 Å². The number of hydrogen-bond donors (Lipinski definition) is 1. The highest BCUT2D eigenvalue weighted by atomic mass is 16.2. The summed E-state index contributed by atoms with van der Waals surface area (Å²) in [6.07, 6.45) is 4.07. The van der Waals surface area contributed by atoms with Gasteiger partial charge in [-0.25, -0.2) is 0 Å². The Morgan fingerprint density at radius 2 is 1.69 bits per heavy atom. The smallest absolute Gasteiger partial charge is 0.254 e. The Morgan fingerprint density at radius 1 is 0.969 bits per heavy atom. The molecule has 1 atom stereocenters. The minimum absolute atomic E-state index is 0.0409. The number of fused-ring (bicyclic) bond motifs is 1. The van der Waals surface area contributed by atoms with Crippen LogP contribution >= 0.6 is 0 Å². The number of piperidine rings is 1. The van der Waals surface area contributed by atoms with Gasteiger partial charge < -0.3 is 15.1 Å². The van der Waals surface area contributed by atoms with Crippen LogP contribution in [0.4, 0.5) is 5.69 Å². The molecule has 0 saturated carbocycles. The third-order valence-corrected chi connectivity index (χ3v) is 6.45. The van der Waals surface area contributed by atoms with Crippen LogP contribution in [0.3, 0.4) is 0 Å². The molecular formula is C26H31N3O3. The van der Waals surface area contributed by atoms with Crippen molar-refractivity contribution in [3.63, 3.8) is 0 Å². The summed E-state index contributed by atoms with van der Waals surface area (Å²) in [5.74, 6) is -0.139. The minimum atomic E-state index is -0.509. The van der Waals surface area contributed by atoms with Gasteiger partial charge in [-0.2, -0.15) is 0 Å². The molecule has 1 saturated heterocycles. The van der Waals surface area contributed by atoms with Gasteiger partial charge in [-0.1, -0.05) is 30.7 Å². The van der Waals surface area contributed by atoms with E-state index in [4.69, 9.17) is 0 Å². The molecule has 2 aromatic carbocycles. The van der Waals surface area contributed by atoms with E-state index in [9.17, 15) is 14.4 Å². The van der Waals surface area contributed by atoms with E-state index in [1.54, 1.807) is 4.90 Å². The van der Waals surface area contributed by atoms with Crippen LogP contribution in [-0.4, -0.2) is 46.7 Å². The molecule has 3 amide bonds. The third-order valence-electron chi connectivity index (χ3n) is 6.45. The van der Waals surface area contributed by atoms with Crippen molar-refractivity contribution in [2.45, 2.75) is 58.5 Å². The molecule has 0 spiro atoms. The van der Waals surface area contributed by atoms with Crippen LogP contribution in [0, 0.1) is 6.92 Å². The molecule has 0 bridgehead atoms. The topological polar surface area (TPSA) is 69.7 Å². The largest absolute Gasteiger partial charge is 0.341 e. The van der Waals surface area contributed by atoms with Gasteiger partial charge >= 0.3 is 0 Å². The van der Waals surface area contributed by atoms with Crippen LogP contribution < -0.4 is 5.32 Å². The molecule has 32 heavy (non-hydrogen) atoms. The summed E-state index contributed by atoms with van der Waals surface area (Å²) in [5.41, 5.74) is 4.43. The molecular weight excluding hydrogens is 402 g/mol. The zero-order valence-electron chi connectivity index (χ0n) is 18.9. The van der Waals surface area contributed by atoms with Gasteiger partial charge in [-0.3, -0.25) is 14.4 Å². The van der Waals surface area contributed by atoms with Gasteiger partial charge in [-0.05, 0) is 61.6 Å². The monoisotopic (exact) mass is 433 g/mol. The van der Waals surface area contributed by atoms with Crippen LogP contribution in [0.5, 0.6) is 0 Å². The first-order chi connectivity index (χ1) is 15.5. The Kier molecular flexibility index (Phi) is 6.58. The van der Waals surface area contributed by atoms with E-state index in [1.165, 1.54) is 0 Å². The summed E-state index contributed by atoms with van der Waals surface area (Å²) in [5, 5.41) is 2.89. The van der Waals surface area contributed by atoms with Crippen molar-refractivity contribution in [3.05, 3.63) is 64.7 Å². The van der Waals surface area contributed by atoms with Crippen molar-refractivity contribution in [2.24, 2.45) is 0 Å². The number of likely N-dealkylation sites (tertiary alicyclic amines) is 1. The maximum atomic E-state index is 13.5. The summed E-state index contributed by atoms with van der Waals surface area (Å²) >= 11 is 0. The van der Waals surface area contributed by atoms with E-state index < -0.39 is 6.04 Å². The number of hydrogen-bond acceptors (Lipinski definition) is 3. The lowest BCUT2D eigenvalue weighted by atomic mass is 9.91. The maximum absolute atomic E-state index is 13.5. The lowest BCUT2D eigenvalue weighted by Crippen LogP contribution is -2.54. The Morgan fingerprint density at radius 3 is 2.38 bits per heavy atom. The van der Waals surface area contributed by atoms with Crippen molar-refractivity contribution in [1.29, 1.82) is 0 Å². The average molecular weight is 434 g/mol. The molecule has 6 heteroatoms. The maximum Gasteiger partial charge on any atom is 0.254 e. The molecule has 2 aliphatic heterocycles. The molecule has 4 rings (SSSR count). The molecule has 168 valence electrons. The Hall–Kier alpha value is -3.15. The predicted molar refractivity (Wildman–Crippen MR) is 124 cm³/mol. The lowest BCUT2D eigenvalue weighted by Gasteiger charge is -2.39. The van der Waals surface area contributed by atoms with Gasteiger partial charge in [-0.15, -0.1) is 0 Å². The normalized spacial score (nSPS) is 18.1. The second-order valence-corrected chi connectivity index (χ2v) is 8.79. The van der Waals surface area contributed by atoms with Crippen LogP contribution in [0.25, 0.3) is 0 Å². The van der Waals surface area contributed by atoms with Gasteiger partial charge in [0.2, 0.25) is 11.8 Å². The summed E-state index contributed by atoms with van der Waals surface area (Å²) in [7, 11) is 0. The molecule has 6 nitrogen and oxygen atoms in total. The number of rotatable bonds is 4. The van der Waals surface area contributed by atoms with E-state index in [2.05, 4.69) is 5.32 Å². The van der Waals surface area contributed by atoms with Crippen molar-refractivity contribution in [1.82, 2.24) is 9.80 Å². The third kappa shape index (κ3) is 4.69. The van der Waals surface area contributed by atoms with Gasteiger partial charge in [0.1, 0.15) is 6.04 Å². The Bertz CT molecular complexity index is 1010. The quantitative estimate of drug-likeness (QED) is 0.795. The van der Waals surface area contributed by atoms with E-state index >= 15 is 0 Å². The number of benzene rings is 2. The lowest BCUT2D eigenvalue weighted by molar-refractivity contribution is -0.137. The first-order valence-corrected chi connectivity index (χ1v) is 11.5. The summed E-state index contributed by atoms with van der Waals surface area (Å²) in [6, 6.07) is 12.8. The SMILES string of the molecule is CCC(=O)Nc1ccc2c(c1)CN(C(=O)c1ccc(C)cc1)[C@H](C(=O)N1CCCCC1)C2. The second-order valence-electron chi connectivity index (χ2n) is 8.79. The van der Waals surface area contributed by atoms with E-state index in [1.807, 2.05) is 61.2 Å². The van der Waals surface area contributed by atoms with Crippen LogP contribution in [0.2, 0.25) is 0 Å². The number of carbonyl (C=O) groups excluding carboxylic acids is 3. The van der Waals surface area contributed by atoms with Gasteiger partial charge in [0.15, 0.2) is 0 Å². The highest BCUT2D eigenvalue weighted by molar-refractivity contribution is 5.98. The molecule has 2 aromatic rings. The van der Waals surface area contributed by atoms with E-state index in [0.717, 1.165) is 54.7 Å². The standard InChI is InChI=1S/C26H31N3O3/c1-3-24(30)27-22-12-11-20-16-23(26(32)28-13-5-4-6-14-28)29(17-21(20)15-22)25(31)19-9-7-18(2)8-10-19/h7-12,15,23H,3-6,13-14,16-17H2,1-2H3,(H,27,30)/t23-/m0/s1. The predicted octanol–water partition coefficient (Wildman–Crippen LogP) is 3.92. The zero-order valence-corrected chi connectivity index (χ0v) is 18.9.